The van der Waals surface area contributed by atoms with Gasteiger partial charge in [0, 0.05) is 44.1 Å². The standard InChI is InChI=1S/C14H23N3OS/c1-14(2,11-15)13(18)17-7-5-16(6-8-17)10-12-4-3-9-19-12/h3-4,9H,5-8,10-11,15H2,1-2H3. The Balaban J connectivity index is 1.84. The van der Waals surface area contributed by atoms with Crippen LogP contribution in [0.2, 0.25) is 0 Å². The highest BCUT2D eigenvalue weighted by atomic mass is 32.1. The molecule has 1 fully saturated rings. The van der Waals surface area contributed by atoms with Gasteiger partial charge in [0.15, 0.2) is 0 Å². The van der Waals surface area contributed by atoms with E-state index in [1.165, 1.54) is 4.88 Å². The lowest BCUT2D eigenvalue weighted by Gasteiger charge is -2.38. The minimum atomic E-state index is -0.435. The molecule has 1 aliphatic heterocycles. The number of rotatable bonds is 4. The number of piperazine rings is 1. The average Bonchev–Trinajstić information content (AvgIpc) is 2.91. The lowest BCUT2D eigenvalue weighted by Crippen LogP contribution is -2.53. The van der Waals surface area contributed by atoms with Gasteiger partial charge in [-0.05, 0) is 25.3 Å². The second-order valence-electron chi connectivity index (χ2n) is 5.74. The topological polar surface area (TPSA) is 49.6 Å². The maximum atomic E-state index is 12.3. The molecule has 106 valence electrons. The Hall–Kier alpha value is -0.910. The zero-order valence-corrected chi connectivity index (χ0v) is 12.6. The van der Waals surface area contributed by atoms with Gasteiger partial charge in [0.2, 0.25) is 5.91 Å². The molecule has 1 aromatic heterocycles. The number of thiophene rings is 1. The fourth-order valence-corrected chi connectivity index (χ4v) is 2.99. The van der Waals surface area contributed by atoms with Crippen molar-refractivity contribution in [3.63, 3.8) is 0 Å². The predicted molar refractivity (Wildman–Crippen MR) is 79.0 cm³/mol. The summed E-state index contributed by atoms with van der Waals surface area (Å²) in [7, 11) is 0. The van der Waals surface area contributed by atoms with E-state index in [9.17, 15) is 4.79 Å². The van der Waals surface area contributed by atoms with Gasteiger partial charge >= 0.3 is 0 Å². The highest BCUT2D eigenvalue weighted by Gasteiger charge is 2.32. The van der Waals surface area contributed by atoms with Crippen LogP contribution in [0.1, 0.15) is 18.7 Å². The molecule has 1 amide bonds. The van der Waals surface area contributed by atoms with Crippen LogP contribution in [-0.4, -0.2) is 48.4 Å². The van der Waals surface area contributed by atoms with Gasteiger partial charge in [0.1, 0.15) is 0 Å². The summed E-state index contributed by atoms with van der Waals surface area (Å²) in [5, 5.41) is 2.11. The zero-order valence-electron chi connectivity index (χ0n) is 11.8. The molecule has 0 bridgehead atoms. The summed E-state index contributed by atoms with van der Waals surface area (Å²) in [5.41, 5.74) is 5.24. The molecule has 0 aromatic carbocycles. The third-order valence-corrected chi connectivity index (χ3v) is 4.57. The van der Waals surface area contributed by atoms with Crippen LogP contribution < -0.4 is 5.73 Å². The number of carbonyl (C=O) groups is 1. The summed E-state index contributed by atoms with van der Waals surface area (Å²) in [6.45, 7) is 8.78. The van der Waals surface area contributed by atoms with Gasteiger partial charge < -0.3 is 10.6 Å². The number of hydrogen-bond acceptors (Lipinski definition) is 4. The summed E-state index contributed by atoms with van der Waals surface area (Å²) < 4.78 is 0. The Labute approximate surface area is 119 Å². The third kappa shape index (κ3) is 3.55. The summed E-state index contributed by atoms with van der Waals surface area (Å²) in [5.74, 6) is 0.186. The van der Waals surface area contributed by atoms with Crippen LogP contribution in [0.15, 0.2) is 17.5 Å². The first-order valence-electron chi connectivity index (χ1n) is 6.77. The lowest BCUT2D eigenvalue weighted by atomic mass is 9.91. The SMILES string of the molecule is CC(C)(CN)C(=O)N1CCN(Cc2cccs2)CC1. The molecule has 5 heteroatoms. The van der Waals surface area contributed by atoms with Crippen LogP contribution in [0, 0.1) is 5.41 Å². The van der Waals surface area contributed by atoms with E-state index in [0.29, 0.717) is 6.54 Å². The van der Waals surface area contributed by atoms with E-state index in [1.807, 2.05) is 18.7 Å². The average molecular weight is 281 g/mol. The molecule has 4 nitrogen and oxygen atoms in total. The Morgan fingerprint density at radius 1 is 1.37 bits per heavy atom. The molecule has 2 rings (SSSR count). The molecule has 19 heavy (non-hydrogen) atoms. The van der Waals surface area contributed by atoms with E-state index in [1.54, 1.807) is 11.3 Å². The summed E-state index contributed by atoms with van der Waals surface area (Å²) >= 11 is 1.79. The van der Waals surface area contributed by atoms with Gasteiger partial charge in [0.25, 0.3) is 0 Å². The number of nitrogens with zero attached hydrogens (tertiary/aromatic N) is 2. The molecule has 0 spiro atoms. The Bertz CT molecular complexity index is 408. The van der Waals surface area contributed by atoms with Gasteiger partial charge in [-0.25, -0.2) is 0 Å². The van der Waals surface area contributed by atoms with Gasteiger partial charge in [-0.1, -0.05) is 6.07 Å². The van der Waals surface area contributed by atoms with E-state index in [0.717, 1.165) is 32.7 Å². The summed E-state index contributed by atoms with van der Waals surface area (Å²) in [6, 6.07) is 4.25. The number of hydrogen-bond donors (Lipinski definition) is 1. The van der Waals surface area contributed by atoms with Gasteiger partial charge in [-0.2, -0.15) is 0 Å². The van der Waals surface area contributed by atoms with Crippen molar-refractivity contribution in [2.45, 2.75) is 20.4 Å². The third-order valence-electron chi connectivity index (χ3n) is 3.71. The van der Waals surface area contributed by atoms with Crippen molar-refractivity contribution in [1.82, 2.24) is 9.80 Å². The molecule has 2 heterocycles. The van der Waals surface area contributed by atoms with Crippen LogP contribution in [0.3, 0.4) is 0 Å². The number of carbonyl (C=O) groups excluding carboxylic acids is 1. The quantitative estimate of drug-likeness (QED) is 0.907. The molecule has 1 aliphatic rings. The molecular weight excluding hydrogens is 258 g/mol. The first kappa shape index (κ1) is 14.5. The van der Waals surface area contributed by atoms with Gasteiger partial charge in [-0.15, -0.1) is 11.3 Å². The number of nitrogens with two attached hydrogens (primary N) is 1. The maximum Gasteiger partial charge on any atom is 0.229 e. The summed E-state index contributed by atoms with van der Waals surface area (Å²) in [4.78, 5) is 18.1. The molecule has 0 atom stereocenters. The fraction of sp³-hybridized carbons (Fsp3) is 0.643. The maximum absolute atomic E-state index is 12.3. The molecule has 0 aliphatic carbocycles. The molecule has 0 unspecified atom stereocenters. The van der Waals surface area contributed by atoms with Crippen molar-refractivity contribution >= 4 is 17.2 Å². The first-order valence-corrected chi connectivity index (χ1v) is 7.65. The van der Waals surface area contributed by atoms with Crippen molar-refractivity contribution < 1.29 is 4.79 Å². The second-order valence-corrected chi connectivity index (χ2v) is 6.77. The molecule has 1 aromatic rings. The van der Waals surface area contributed by atoms with Crippen LogP contribution in [-0.2, 0) is 11.3 Å². The fourth-order valence-electron chi connectivity index (χ4n) is 2.25. The molecule has 2 N–H and O–H groups in total. The van der Waals surface area contributed by atoms with Crippen LogP contribution >= 0.6 is 11.3 Å². The largest absolute Gasteiger partial charge is 0.340 e. The van der Waals surface area contributed by atoms with E-state index < -0.39 is 5.41 Å². The van der Waals surface area contributed by atoms with Crippen molar-refractivity contribution in [3.8, 4) is 0 Å². The van der Waals surface area contributed by atoms with Crippen LogP contribution in [0.4, 0.5) is 0 Å². The minimum absolute atomic E-state index is 0.186. The highest BCUT2D eigenvalue weighted by Crippen LogP contribution is 2.19. The normalized spacial score (nSPS) is 17.7. The van der Waals surface area contributed by atoms with Crippen LogP contribution in [0.5, 0.6) is 0 Å². The predicted octanol–water partition coefficient (Wildman–Crippen LogP) is 1.38. The monoisotopic (exact) mass is 281 g/mol. The first-order chi connectivity index (χ1) is 9.03. The highest BCUT2D eigenvalue weighted by molar-refractivity contribution is 7.09. The molecule has 0 saturated carbocycles. The molecule has 0 radical (unpaired) electrons. The van der Waals surface area contributed by atoms with Crippen molar-refractivity contribution in [1.29, 1.82) is 0 Å². The Kier molecular flexibility index (Phi) is 4.60. The Morgan fingerprint density at radius 2 is 2.05 bits per heavy atom. The smallest absolute Gasteiger partial charge is 0.229 e. The molecular formula is C14H23N3OS. The summed E-state index contributed by atoms with van der Waals surface area (Å²) in [6.07, 6.45) is 0. The van der Waals surface area contributed by atoms with Gasteiger partial charge in [0.05, 0.1) is 5.41 Å². The molecule has 1 saturated heterocycles. The van der Waals surface area contributed by atoms with Crippen molar-refractivity contribution in [3.05, 3.63) is 22.4 Å². The van der Waals surface area contributed by atoms with Crippen molar-refractivity contribution in [2.24, 2.45) is 11.1 Å². The van der Waals surface area contributed by atoms with E-state index in [4.69, 9.17) is 5.73 Å². The number of amides is 1. The zero-order chi connectivity index (χ0) is 13.9. The van der Waals surface area contributed by atoms with Crippen molar-refractivity contribution in [2.75, 3.05) is 32.7 Å². The van der Waals surface area contributed by atoms with E-state index >= 15 is 0 Å². The Morgan fingerprint density at radius 3 is 2.58 bits per heavy atom. The second kappa shape index (κ2) is 6.03. The van der Waals surface area contributed by atoms with Crippen LogP contribution in [0.25, 0.3) is 0 Å². The van der Waals surface area contributed by atoms with Gasteiger partial charge in [-0.3, -0.25) is 9.69 Å². The lowest BCUT2D eigenvalue weighted by molar-refractivity contribution is -0.141. The minimum Gasteiger partial charge on any atom is -0.340 e. The van der Waals surface area contributed by atoms with E-state index in [-0.39, 0.29) is 5.91 Å². The van der Waals surface area contributed by atoms with E-state index in [2.05, 4.69) is 22.4 Å².